The fourth-order valence-electron chi connectivity index (χ4n) is 4.07. The zero-order valence-electron chi connectivity index (χ0n) is 16.6. The maximum absolute atomic E-state index is 12.0. The summed E-state index contributed by atoms with van der Waals surface area (Å²) in [5.74, 6) is 1.13. The number of ether oxygens (including phenoxy) is 3. The quantitative estimate of drug-likeness (QED) is 0.783. The van der Waals surface area contributed by atoms with Crippen molar-refractivity contribution in [1.82, 2.24) is 4.90 Å². The van der Waals surface area contributed by atoms with E-state index in [1.807, 2.05) is 47.4 Å². The van der Waals surface area contributed by atoms with Crippen LogP contribution in [-0.4, -0.2) is 49.9 Å². The van der Waals surface area contributed by atoms with E-state index in [9.17, 15) is 9.90 Å². The second-order valence-corrected chi connectivity index (χ2v) is 6.81. The highest BCUT2D eigenvalue weighted by molar-refractivity contribution is 5.74. The van der Waals surface area contributed by atoms with E-state index in [-0.39, 0.29) is 6.04 Å². The molecule has 2 unspecified atom stereocenters. The Hall–Kier alpha value is -2.73. The normalized spacial score (nSPS) is 18.3. The maximum Gasteiger partial charge on any atom is 0.320 e. The lowest BCUT2D eigenvalue weighted by atomic mass is 9.90. The molecule has 2 atom stereocenters. The van der Waals surface area contributed by atoms with Crippen molar-refractivity contribution in [3.63, 3.8) is 0 Å². The molecule has 1 heterocycles. The lowest BCUT2D eigenvalue weighted by molar-refractivity contribution is -0.145. The fraction of sp³-hybridized carbons (Fsp3) is 0.409. The Balaban J connectivity index is 2.22. The Morgan fingerprint density at radius 1 is 0.964 bits per heavy atom. The average molecular weight is 385 g/mol. The van der Waals surface area contributed by atoms with Gasteiger partial charge in [-0.25, -0.2) is 0 Å². The van der Waals surface area contributed by atoms with Gasteiger partial charge in [0.05, 0.1) is 27.4 Å². The molecule has 0 aliphatic carbocycles. The van der Waals surface area contributed by atoms with Crippen LogP contribution in [0, 0.1) is 0 Å². The molecule has 6 nitrogen and oxygen atoms in total. The number of carbonyl (C=O) groups is 1. The smallest absolute Gasteiger partial charge is 0.320 e. The van der Waals surface area contributed by atoms with Crippen LogP contribution in [0.1, 0.15) is 36.4 Å². The highest BCUT2D eigenvalue weighted by Gasteiger charge is 2.37. The Morgan fingerprint density at radius 2 is 1.64 bits per heavy atom. The van der Waals surface area contributed by atoms with Crippen molar-refractivity contribution in [3.05, 3.63) is 53.6 Å². The number of methoxy groups -OCH3 is 3. The maximum atomic E-state index is 12.0. The van der Waals surface area contributed by atoms with Crippen LogP contribution in [0.15, 0.2) is 42.5 Å². The van der Waals surface area contributed by atoms with Crippen molar-refractivity contribution in [1.29, 1.82) is 0 Å². The third-order valence-electron chi connectivity index (χ3n) is 5.32. The number of carboxylic acid groups (broad SMARTS) is 1. The molecule has 0 saturated carbocycles. The molecular weight excluding hydrogens is 358 g/mol. The number of aliphatic carboxylic acids is 1. The van der Waals surface area contributed by atoms with Gasteiger partial charge in [-0.15, -0.1) is 0 Å². The Kier molecular flexibility index (Phi) is 6.41. The van der Waals surface area contributed by atoms with Gasteiger partial charge in [-0.2, -0.15) is 0 Å². The summed E-state index contributed by atoms with van der Waals surface area (Å²) in [6, 6.07) is 12.5. The van der Waals surface area contributed by atoms with Gasteiger partial charge in [-0.3, -0.25) is 9.69 Å². The molecule has 0 aromatic heterocycles. The minimum absolute atomic E-state index is 0.331. The molecule has 3 rings (SSSR count). The van der Waals surface area contributed by atoms with Crippen LogP contribution in [0.5, 0.6) is 17.2 Å². The lowest BCUT2D eigenvalue weighted by Crippen LogP contribution is -2.47. The van der Waals surface area contributed by atoms with E-state index in [1.165, 1.54) is 0 Å². The molecule has 2 aromatic carbocycles. The number of para-hydroxylation sites is 2. The Bertz CT molecular complexity index is 822. The van der Waals surface area contributed by atoms with E-state index in [0.29, 0.717) is 30.2 Å². The van der Waals surface area contributed by atoms with Crippen LogP contribution in [0.4, 0.5) is 0 Å². The standard InChI is InChI=1S/C22H27NO5/c1-26-18-12-5-4-9-15(18)20(23-14-7-6-11-17(23)22(24)25)16-10-8-13-19(27-2)21(16)28-3/h4-5,8-10,12-13,17,20H,6-7,11,14H2,1-3H3,(H,24,25). The molecule has 6 heteroatoms. The number of likely N-dealkylation sites (tertiary alicyclic amines) is 1. The first kappa shape index (κ1) is 20.0. The second kappa shape index (κ2) is 8.97. The summed E-state index contributed by atoms with van der Waals surface area (Å²) in [6.45, 7) is 0.681. The molecule has 1 saturated heterocycles. The van der Waals surface area contributed by atoms with Crippen molar-refractivity contribution < 1.29 is 24.1 Å². The molecular formula is C22H27NO5. The van der Waals surface area contributed by atoms with E-state index in [0.717, 1.165) is 24.0 Å². The number of nitrogens with zero attached hydrogens (tertiary/aromatic N) is 1. The minimum atomic E-state index is -0.804. The van der Waals surface area contributed by atoms with Gasteiger partial charge in [0.25, 0.3) is 0 Å². The predicted octanol–water partition coefficient (Wildman–Crippen LogP) is 3.74. The SMILES string of the molecule is COc1ccccc1C(c1cccc(OC)c1OC)N1CCCCC1C(=O)O. The molecule has 0 bridgehead atoms. The molecule has 0 amide bonds. The number of hydrogen-bond donors (Lipinski definition) is 1. The van der Waals surface area contributed by atoms with Crippen LogP contribution in [-0.2, 0) is 4.79 Å². The van der Waals surface area contributed by atoms with Gasteiger partial charge in [0, 0.05) is 11.1 Å². The fourth-order valence-corrected chi connectivity index (χ4v) is 4.07. The van der Waals surface area contributed by atoms with Gasteiger partial charge in [-0.05, 0) is 31.5 Å². The third kappa shape index (κ3) is 3.78. The largest absolute Gasteiger partial charge is 0.496 e. The average Bonchev–Trinajstić information content (AvgIpc) is 2.74. The summed E-state index contributed by atoms with van der Waals surface area (Å²) in [4.78, 5) is 14.1. The molecule has 150 valence electrons. The van der Waals surface area contributed by atoms with Gasteiger partial charge in [-0.1, -0.05) is 36.8 Å². The first-order valence-electron chi connectivity index (χ1n) is 9.44. The van der Waals surface area contributed by atoms with E-state index in [4.69, 9.17) is 14.2 Å². The van der Waals surface area contributed by atoms with Crippen LogP contribution >= 0.6 is 0 Å². The topological polar surface area (TPSA) is 68.2 Å². The zero-order valence-corrected chi connectivity index (χ0v) is 16.6. The van der Waals surface area contributed by atoms with Crippen LogP contribution in [0.25, 0.3) is 0 Å². The first-order valence-corrected chi connectivity index (χ1v) is 9.44. The van der Waals surface area contributed by atoms with E-state index in [1.54, 1.807) is 21.3 Å². The van der Waals surface area contributed by atoms with Crippen LogP contribution < -0.4 is 14.2 Å². The summed E-state index contributed by atoms with van der Waals surface area (Å²) in [5.41, 5.74) is 1.77. The van der Waals surface area contributed by atoms with Gasteiger partial charge in [0.2, 0.25) is 0 Å². The highest BCUT2D eigenvalue weighted by atomic mass is 16.5. The number of benzene rings is 2. The molecule has 2 aromatic rings. The van der Waals surface area contributed by atoms with Crippen molar-refractivity contribution >= 4 is 5.97 Å². The second-order valence-electron chi connectivity index (χ2n) is 6.81. The van der Waals surface area contributed by atoms with Crippen molar-refractivity contribution in [2.45, 2.75) is 31.3 Å². The van der Waals surface area contributed by atoms with E-state index >= 15 is 0 Å². The van der Waals surface area contributed by atoms with Crippen molar-refractivity contribution in [2.24, 2.45) is 0 Å². The highest BCUT2D eigenvalue weighted by Crippen LogP contribution is 2.44. The molecule has 0 radical (unpaired) electrons. The first-order chi connectivity index (χ1) is 13.6. The zero-order chi connectivity index (χ0) is 20.1. The summed E-state index contributed by atoms with van der Waals surface area (Å²) >= 11 is 0. The Labute approximate surface area is 165 Å². The van der Waals surface area contributed by atoms with Gasteiger partial charge >= 0.3 is 5.97 Å². The van der Waals surface area contributed by atoms with Crippen molar-refractivity contribution in [2.75, 3.05) is 27.9 Å². The Morgan fingerprint density at radius 3 is 2.32 bits per heavy atom. The molecule has 1 aliphatic rings. The molecule has 1 fully saturated rings. The van der Waals surface area contributed by atoms with Gasteiger partial charge < -0.3 is 19.3 Å². The molecule has 0 spiro atoms. The molecule has 28 heavy (non-hydrogen) atoms. The summed E-state index contributed by atoms with van der Waals surface area (Å²) < 4.78 is 16.8. The third-order valence-corrected chi connectivity index (χ3v) is 5.32. The minimum Gasteiger partial charge on any atom is -0.496 e. The molecule has 1 N–H and O–H groups in total. The summed E-state index contributed by atoms with van der Waals surface area (Å²) in [7, 11) is 4.83. The number of hydrogen-bond acceptors (Lipinski definition) is 5. The van der Waals surface area contributed by atoms with Crippen LogP contribution in [0.2, 0.25) is 0 Å². The lowest BCUT2D eigenvalue weighted by Gasteiger charge is -2.40. The van der Waals surface area contributed by atoms with Crippen molar-refractivity contribution in [3.8, 4) is 17.2 Å². The summed E-state index contributed by atoms with van der Waals surface area (Å²) in [5, 5.41) is 9.88. The monoisotopic (exact) mass is 385 g/mol. The molecule has 1 aliphatic heterocycles. The summed E-state index contributed by atoms with van der Waals surface area (Å²) in [6.07, 6.45) is 2.47. The van der Waals surface area contributed by atoms with E-state index in [2.05, 4.69) is 0 Å². The van der Waals surface area contributed by atoms with Gasteiger partial charge in [0.1, 0.15) is 11.8 Å². The number of carboxylic acids is 1. The number of rotatable bonds is 7. The van der Waals surface area contributed by atoms with Gasteiger partial charge in [0.15, 0.2) is 11.5 Å². The number of piperidine rings is 1. The van der Waals surface area contributed by atoms with Crippen LogP contribution in [0.3, 0.4) is 0 Å². The predicted molar refractivity (Wildman–Crippen MR) is 106 cm³/mol. The van der Waals surface area contributed by atoms with E-state index < -0.39 is 12.0 Å².